The zero-order chi connectivity index (χ0) is 15.9. The number of carbonyl (C=O) groups excluding carboxylic acids is 1. The highest BCUT2D eigenvalue weighted by molar-refractivity contribution is 5.93. The van der Waals surface area contributed by atoms with E-state index in [0.29, 0.717) is 17.6 Å². The van der Waals surface area contributed by atoms with Crippen LogP contribution in [0.25, 0.3) is 0 Å². The van der Waals surface area contributed by atoms with E-state index < -0.39 is 0 Å². The highest BCUT2D eigenvalue weighted by atomic mass is 16.2. The van der Waals surface area contributed by atoms with Gasteiger partial charge in [0.2, 0.25) is 5.56 Å². The van der Waals surface area contributed by atoms with E-state index in [-0.39, 0.29) is 11.5 Å². The lowest BCUT2D eigenvalue weighted by Crippen LogP contribution is -2.36. The minimum Gasteiger partial charge on any atom is -0.339 e. The first-order valence-electron chi connectivity index (χ1n) is 8.08. The van der Waals surface area contributed by atoms with Crippen LogP contribution < -0.4 is 5.56 Å². The molecule has 1 aromatic heterocycles. The molecule has 1 aromatic rings. The van der Waals surface area contributed by atoms with Crippen LogP contribution in [-0.2, 0) is 0 Å². The predicted octanol–water partition coefficient (Wildman–Crippen LogP) is 1.57. The molecule has 22 heavy (non-hydrogen) atoms. The van der Waals surface area contributed by atoms with Gasteiger partial charge in [-0.15, -0.1) is 0 Å². The van der Waals surface area contributed by atoms with Crippen LogP contribution in [0, 0.1) is 11.8 Å². The van der Waals surface area contributed by atoms with Gasteiger partial charge in [-0.05, 0) is 57.7 Å². The number of nitrogens with one attached hydrogen (secondary N) is 1. The van der Waals surface area contributed by atoms with E-state index in [1.807, 2.05) is 11.9 Å². The Bertz CT molecular complexity index is 576. The Morgan fingerprint density at radius 2 is 1.64 bits per heavy atom. The first kappa shape index (κ1) is 15.3. The van der Waals surface area contributed by atoms with Crippen molar-refractivity contribution < 1.29 is 4.79 Å². The number of pyridine rings is 1. The molecular weight excluding hydrogens is 278 g/mol. The Hall–Kier alpha value is -1.62. The van der Waals surface area contributed by atoms with Gasteiger partial charge in [0.05, 0.1) is 5.56 Å². The number of rotatable bonds is 3. The van der Waals surface area contributed by atoms with Crippen LogP contribution in [0.5, 0.6) is 0 Å². The minimum absolute atomic E-state index is 0.00498. The standard InChI is InChI=1S/C17H25N3O2/c1-19(2)14-6-12-8-15(9-13(12)7-14)20(3)17(22)11-4-5-16(21)18-10-11/h4-5,10,12-15H,6-9H2,1-3H3,(H,18,21)/t12-,13+,14?,15?. The van der Waals surface area contributed by atoms with Gasteiger partial charge in [-0.1, -0.05) is 0 Å². The smallest absolute Gasteiger partial charge is 0.255 e. The SMILES string of the molecule is CN(C)C1C[C@@H]2CC(N(C)C(=O)c3ccc(=O)[nH]c3)C[C@@H]2C1. The van der Waals surface area contributed by atoms with Crippen molar-refractivity contribution in [2.75, 3.05) is 21.1 Å². The maximum Gasteiger partial charge on any atom is 0.255 e. The molecule has 2 fully saturated rings. The van der Waals surface area contributed by atoms with Gasteiger partial charge < -0.3 is 14.8 Å². The summed E-state index contributed by atoms with van der Waals surface area (Å²) in [6.07, 6.45) is 6.25. The van der Waals surface area contributed by atoms with Crippen molar-refractivity contribution in [1.82, 2.24) is 14.8 Å². The second kappa shape index (κ2) is 5.88. The average Bonchev–Trinajstić information content (AvgIpc) is 3.05. The molecule has 2 unspecified atom stereocenters. The number of hydrogen-bond acceptors (Lipinski definition) is 3. The number of fused-ring (bicyclic) bond motifs is 1. The van der Waals surface area contributed by atoms with Crippen molar-refractivity contribution >= 4 is 5.91 Å². The molecule has 1 amide bonds. The summed E-state index contributed by atoms with van der Waals surface area (Å²) in [5.74, 6) is 1.51. The molecule has 0 saturated heterocycles. The molecule has 2 aliphatic carbocycles. The first-order chi connectivity index (χ1) is 10.5. The third kappa shape index (κ3) is 2.82. The predicted molar refractivity (Wildman–Crippen MR) is 85.9 cm³/mol. The van der Waals surface area contributed by atoms with E-state index in [2.05, 4.69) is 24.0 Å². The molecular formula is C17H25N3O2. The molecule has 4 atom stereocenters. The topological polar surface area (TPSA) is 56.4 Å². The van der Waals surface area contributed by atoms with E-state index >= 15 is 0 Å². The molecule has 2 saturated carbocycles. The van der Waals surface area contributed by atoms with E-state index in [1.54, 1.807) is 6.07 Å². The van der Waals surface area contributed by atoms with Gasteiger partial charge in [-0.3, -0.25) is 9.59 Å². The molecule has 5 heteroatoms. The summed E-state index contributed by atoms with van der Waals surface area (Å²) in [6, 6.07) is 4.05. The molecule has 0 aliphatic heterocycles. The molecule has 2 aliphatic rings. The summed E-state index contributed by atoms with van der Waals surface area (Å²) in [5.41, 5.74) is 0.384. The van der Waals surface area contributed by atoms with Crippen LogP contribution >= 0.6 is 0 Å². The summed E-state index contributed by atoms with van der Waals surface area (Å²) in [4.78, 5) is 30.4. The van der Waals surface area contributed by atoms with Crippen molar-refractivity contribution in [1.29, 1.82) is 0 Å². The van der Waals surface area contributed by atoms with Crippen LogP contribution in [0.3, 0.4) is 0 Å². The Kier molecular flexibility index (Phi) is 4.08. The Morgan fingerprint density at radius 3 is 2.14 bits per heavy atom. The fourth-order valence-corrected chi connectivity index (χ4v) is 4.20. The fraction of sp³-hybridized carbons (Fsp3) is 0.647. The molecule has 3 rings (SSSR count). The Labute approximate surface area is 131 Å². The number of aromatic nitrogens is 1. The summed E-state index contributed by atoms with van der Waals surface area (Å²) >= 11 is 0. The fourth-order valence-electron chi connectivity index (χ4n) is 4.20. The zero-order valence-corrected chi connectivity index (χ0v) is 13.6. The van der Waals surface area contributed by atoms with Gasteiger partial charge >= 0.3 is 0 Å². The lowest BCUT2D eigenvalue weighted by Gasteiger charge is -2.27. The van der Waals surface area contributed by atoms with Gasteiger partial charge in [0, 0.05) is 31.4 Å². The Morgan fingerprint density at radius 1 is 1.05 bits per heavy atom. The third-order valence-corrected chi connectivity index (χ3v) is 5.60. The molecule has 0 spiro atoms. The number of nitrogens with zero attached hydrogens (tertiary/aromatic N) is 2. The summed E-state index contributed by atoms with van der Waals surface area (Å²) in [5, 5.41) is 0. The Balaban J connectivity index is 1.63. The second-order valence-electron chi connectivity index (χ2n) is 7.09. The monoisotopic (exact) mass is 303 g/mol. The maximum atomic E-state index is 12.5. The van der Waals surface area contributed by atoms with E-state index in [0.717, 1.165) is 24.7 Å². The lowest BCUT2D eigenvalue weighted by molar-refractivity contribution is 0.0726. The number of aromatic amines is 1. The first-order valence-corrected chi connectivity index (χ1v) is 8.08. The van der Waals surface area contributed by atoms with Gasteiger partial charge in [0.1, 0.15) is 0 Å². The summed E-state index contributed by atoms with van der Waals surface area (Å²) < 4.78 is 0. The number of H-pyrrole nitrogens is 1. The van der Waals surface area contributed by atoms with Crippen molar-refractivity contribution in [2.24, 2.45) is 11.8 Å². The van der Waals surface area contributed by atoms with Gasteiger partial charge in [0.25, 0.3) is 5.91 Å². The number of amides is 1. The largest absolute Gasteiger partial charge is 0.339 e. The van der Waals surface area contributed by atoms with E-state index in [1.165, 1.54) is 25.1 Å². The average molecular weight is 303 g/mol. The van der Waals surface area contributed by atoms with Crippen LogP contribution in [0.15, 0.2) is 23.1 Å². The van der Waals surface area contributed by atoms with E-state index in [4.69, 9.17) is 0 Å². The highest BCUT2D eigenvalue weighted by Crippen LogP contribution is 2.46. The second-order valence-corrected chi connectivity index (χ2v) is 7.09. The van der Waals surface area contributed by atoms with Crippen LogP contribution in [-0.4, -0.2) is 53.9 Å². The van der Waals surface area contributed by atoms with Crippen LogP contribution in [0.4, 0.5) is 0 Å². The quantitative estimate of drug-likeness (QED) is 0.922. The molecule has 1 N–H and O–H groups in total. The van der Waals surface area contributed by atoms with Crippen LogP contribution in [0.1, 0.15) is 36.0 Å². The van der Waals surface area contributed by atoms with Gasteiger partial charge in [-0.25, -0.2) is 0 Å². The normalized spacial score (nSPS) is 30.5. The number of carbonyl (C=O) groups is 1. The third-order valence-electron chi connectivity index (χ3n) is 5.60. The lowest BCUT2D eigenvalue weighted by atomic mass is 10.0. The van der Waals surface area contributed by atoms with Crippen molar-refractivity contribution in [3.05, 3.63) is 34.2 Å². The summed E-state index contributed by atoms with van der Waals surface area (Å²) in [7, 11) is 6.21. The molecule has 0 aromatic carbocycles. The molecule has 5 nitrogen and oxygen atoms in total. The van der Waals surface area contributed by atoms with Gasteiger partial charge in [-0.2, -0.15) is 0 Å². The van der Waals surface area contributed by atoms with Crippen molar-refractivity contribution in [3.63, 3.8) is 0 Å². The number of hydrogen-bond donors (Lipinski definition) is 1. The molecule has 1 heterocycles. The van der Waals surface area contributed by atoms with Gasteiger partial charge in [0.15, 0.2) is 0 Å². The molecule has 120 valence electrons. The molecule has 0 bridgehead atoms. The van der Waals surface area contributed by atoms with Crippen molar-refractivity contribution in [3.8, 4) is 0 Å². The van der Waals surface area contributed by atoms with E-state index in [9.17, 15) is 9.59 Å². The molecule has 0 radical (unpaired) electrons. The minimum atomic E-state index is -0.177. The highest BCUT2D eigenvalue weighted by Gasteiger charge is 2.44. The van der Waals surface area contributed by atoms with Crippen LogP contribution in [0.2, 0.25) is 0 Å². The zero-order valence-electron chi connectivity index (χ0n) is 13.6. The van der Waals surface area contributed by atoms with Crippen molar-refractivity contribution in [2.45, 2.75) is 37.8 Å². The summed E-state index contributed by atoms with van der Waals surface area (Å²) in [6.45, 7) is 0. The maximum absolute atomic E-state index is 12.5.